The number of nitrogens with zero attached hydrogens (tertiary/aromatic N) is 3. The number of Topliss-reactive ketones (excluding diaryl/α,β-unsaturated/α-hetero) is 1. The maximum absolute atomic E-state index is 13.3. The Morgan fingerprint density at radius 2 is 1.84 bits per heavy atom. The van der Waals surface area contributed by atoms with Crippen LogP contribution in [-0.4, -0.2) is 47.8 Å². The number of fused-ring (bicyclic) bond motifs is 2. The number of aryl methyl sites for hydroxylation is 1. The zero-order chi connectivity index (χ0) is 22.4. The van der Waals surface area contributed by atoms with Crippen molar-refractivity contribution < 1.29 is 9.59 Å². The van der Waals surface area contributed by atoms with Crippen molar-refractivity contribution in [3.05, 3.63) is 52.0 Å². The van der Waals surface area contributed by atoms with Crippen LogP contribution in [0.15, 0.2) is 30.3 Å². The van der Waals surface area contributed by atoms with Crippen LogP contribution >= 0.6 is 11.3 Å². The summed E-state index contributed by atoms with van der Waals surface area (Å²) in [5, 5.41) is 0.926. The van der Waals surface area contributed by atoms with E-state index in [-0.39, 0.29) is 11.7 Å². The molecule has 6 nitrogen and oxygen atoms in total. The van der Waals surface area contributed by atoms with Gasteiger partial charge in [-0.05, 0) is 68.0 Å². The van der Waals surface area contributed by atoms with E-state index in [9.17, 15) is 9.59 Å². The molecule has 0 radical (unpaired) electrons. The van der Waals surface area contributed by atoms with Gasteiger partial charge in [-0.25, -0.2) is 4.98 Å². The first-order valence-corrected chi connectivity index (χ1v) is 12.1. The van der Waals surface area contributed by atoms with E-state index in [1.165, 1.54) is 29.0 Å². The van der Waals surface area contributed by atoms with Gasteiger partial charge in [0.05, 0.1) is 5.69 Å². The summed E-state index contributed by atoms with van der Waals surface area (Å²) >= 11 is 1.43. The fourth-order valence-corrected chi connectivity index (χ4v) is 5.81. The predicted molar refractivity (Wildman–Crippen MR) is 130 cm³/mol. The number of benzene rings is 1. The van der Waals surface area contributed by atoms with Gasteiger partial charge in [0.25, 0.3) is 5.91 Å². The average molecular weight is 449 g/mol. The van der Waals surface area contributed by atoms with Crippen molar-refractivity contribution in [1.82, 2.24) is 9.88 Å². The van der Waals surface area contributed by atoms with E-state index in [2.05, 4.69) is 17.9 Å². The number of nitrogen functional groups attached to an aromatic ring is 1. The molecule has 7 heteroatoms. The van der Waals surface area contributed by atoms with Gasteiger partial charge in [0.1, 0.15) is 9.71 Å². The molecule has 166 valence electrons. The molecule has 1 aliphatic carbocycles. The number of nitrogens with two attached hydrogens (primary N) is 1. The lowest BCUT2D eigenvalue weighted by atomic mass is 9.87. The van der Waals surface area contributed by atoms with Gasteiger partial charge >= 0.3 is 0 Å². The molecule has 2 aromatic heterocycles. The van der Waals surface area contributed by atoms with Gasteiger partial charge in [0.2, 0.25) is 0 Å². The van der Waals surface area contributed by atoms with Crippen molar-refractivity contribution in [3.63, 3.8) is 0 Å². The first-order valence-electron chi connectivity index (χ1n) is 11.3. The van der Waals surface area contributed by atoms with Gasteiger partial charge in [-0.2, -0.15) is 0 Å². The maximum Gasteiger partial charge on any atom is 0.266 e. The Morgan fingerprint density at radius 1 is 1.12 bits per heavy atom. The minimum atomic E-state index is 0.00316. The zero-order valence-corrected chi connectivity index (χ0v) is 19.4. The maximum atomic E-state index is 13.3. The van der Waals surface area contributed by atoms with Crippen LogP contribution in [-0.2, 0) is 12.8 Å². The van der Waals surface area contributed by atoms with Gasteiger partial charge in [0.15, 0.2) is 5.78 Å². The van der Waals surface area contributed by atoms with Crippen LogP contribution in [0, 0.1) is 5.92 Å². The molecule has 0 bridgehead atoms. The molecule has 1 aliphatic heterocycles. The summed E-state index contributed by atoms with van der Waals surface area (Å²) in [5.74, 6) is 0.735. The molecule has 1 unspecified atom stereocenters. The van der Waals surface area contributed by atoms with Gasteiger partial charge in [-0.1, -0.05) is 6.92 Å². The Bertz CT molecular complexity index is 1190. The van der Waals surface area contributed by atoms with Crippen LogP contribution in [0.25, 0.3) is 10.2 Å². The van der Waals surface area contributed by atoms with E-state index in [4.69, 9.17) is 10.7 Å². The third kappa shape index (κ3) is 3.75. The lowest BCUT2D eigenvalue weighted by molar-refractivity contribution is 0.0752. The molecule has 2 aliphatic rings. The lowest BCUT2D eigenvalue weighted by Gasteiger charge is -2.36. The second kappa shape index (κ2) is 8.20. The van der Waals surface area contributed by atoms with Crippen LogP contribution in [0.3, 0.4) is 0 Å². The Morgan fingerprint density at radius 3 is 2.53 bits per heavy atom. The number of carbonyl (C=O) groups is 2. The highest BCUT2D eigenvalue weighted by atomic mass is 32.1. The number of pyridine rings is 1. The number of thiophene rings is 1. The second-order valence-electron chi connectivity index (χ2n) is 9.02. The van der Waals surface area contributed by atoms with Crippen LogP contribution in [0.2, 0.25) is 0 Å². The highest BCUT2D eigenvalue weighted by Crippen LogP contribution is 2.37. The molecule has 1 atom stereocenters. The molecular formula is C25H28N4O2S. The average Bonchev–Trinajstić information content (AvgIpc) is 3.12. The van der Waals surface area contributed by atoms with Crippen LogP contribution in [0.1, 0.15) is 51.6 Å². The fraction of sp³-hybridized carbons (Fsp3) is 0.400. The van der Waals surface area contributed by atoms with Gasteiger partial charge in [0, 0.05) is 48.5 Å². The van der Waals surface area contributed by atoms with Crippen molar-refractivity contribution in [1.29, 1.82) is 0 Å². The van der Waals surface area contributed by atoms with Crippen molar-refractivity contribution in [3.8, 4) is 0 Å². The monoisotopic (exact) mass is 448 g/mol. The molecule has 3 aromatic rings. The number of piperazine rings is 1. The number of aromatic nitrogens is 1. The largest absolute Gasteiger partial charge is 0.397 e. The third-order valence-electron chi connectivity index (χ3n) is 6.73. The molecule has 1 aromatic carbocycles. The Labute approximate surface area is 192 Å². The van der Waals surface area contributed by atoms with Gasteiger partial charge in [-0.15, -0.1) is 11.3 Å². The van der Waals surface area contributed by atoms with Crippen LogP contribution < -0.4 is 10.6 Å². The molecule has 1 fully saturated rings. The van der Waals surface area contributed by atoms with Crippen LogP contribution in [0.5, 0.6) is 0 Å². The van der Waals surface area contributed by atoms with Gasteiger partial charge in [-0.3, -0.25) is 9.59 Å². The van der Waals surface area contributed by atoms with E-state index in [0.717, 1.165) is 41.8 Å². The normalized spacial score (nSPS) is 18.6. The Balaban J connectivity index is 1.32. The predicted octanol–water partition coefficient (Wildman–Crippen LogP) is 4.17. The van der Waals surface area contributed by atoms with E-state index < -0.39 is 0 Å². The van der Waals surface area contributed by atoms with Crippen molar-refractivity contribution >= 4 is 44.6 Å². The molecule has 1 amide bonds. The summed E-state index contributed by atoms with van der Waals surface area (Å²) in [6, 6.07) is 9.85. The summed E-state index contributed by atoms with van der Waals surface area (Å²) in [7, 11) is 0. The summed E-state index contributed by atoms with van der Waals surface area (Å²) in [6.07, 6.45) is 3.20. The molecule has 32 heavy (non-hydrogen) atoms. The lowest BCUT2D eigenvalue weighted by Crippen LogP contribution is -2.48. The number of amides is 1. The summed E-state index contributed by atoms with van der Waals surface area (Å²) in [4.78, 5) is 35.3. The molecule has 0 saturated carbocycles. The number of hydrogen-bond acceptors (Lipinski definition) is 6. The van der Waals surface area contributed by atoms with Crippen LogP contribution in [0.4, 0.5) is 11.4 Å². The first kappa shape index (κ1) is 20.9. The molecular weight excluding hydrogens is 420 g/mol. The number of ketones is 1. The zero-order valence-electron chi connectivity index (χ0n) is 18.6. The highest BCUT2D eigenvalue weighted by molar-refractivity contribution is 7.21. The minimum Gasteiger partial charge on any atom is -0.397 e. The quantitative estimate of drug-likeness (QED) is 0.609. The molecule has 0 spiro atoms. The first-order chi connectivity index (χ1) is 15.4. The fourth-order valence-electron chi connectivity index (χ4n) is 4.75. The summed E-state index contributed by atoms with van der Waals surface area (Å²) in [5.41, 5.74) is 11.3. The molecule has 3 heterocycles. The smallest absolute Gasteiger partial charge is 0.266 e. The Kier molecular flexibility index (Phi) is 5.37. The Hall–Kier alpha value is -2.93. The van der Waals surface area contributed by atoms with E-state index in [1.807, 2.05) is 29.2 Å². The standard InChI is InChI=1S/C25H28N4O2S/c1-15-3-8-21-18(13-15)14-20-22(26)23(32-24(20)27-21)25(31)29-11-9-28(10-12-29)19-6-4-17(5-7-19)16(2)30/h4-7,14-15H,3,8-13,26H2,1-2H3. The SMILES string of the molecule is CC(=O)c1ccc(N2CCN(C(=O)c3sc4nc5c(cc4c3N)CC(C)CC5)CC2)cc1. The minimum absolute atomic E-state index is 0.00316. The van der Waals surface area contributed by atoms with Crippen molar-refractivity contribution in [2.45, 2.75) is 33.1 Å². The van der Waals surface area contributed by atoms with E-state index in [1.54, 1.807) is 6.92 Å². The topological polar surface area (TPSA) is 79.5 Å². The van der Waals surface area contributed by atoms with E-state index in [0.29, 0.717) is 35.1 Å². The van der Waals surface area contributed by atoms with Crippen molar-refractivity contribution in [2.75, 3.05) is 36.8 Å². The summed E-state index contributed by atoms with van der Waals surface area (Å²) < 4.78 is 0. The molecule has 2 N–H and O–H groups in total. The summed E-state index contributed by atoms with van der Waals surface area (Å²) in [6.45, 7) is 6.63. The third-order valence-corrected chi connectivity index (χ3v) is 7.84. The van der Waals surface area contributed by atoms with E-state index >= 15 is 0 Å². The number of rotatable bonds is 3. The number of anilines is 2. The number of hydrogen-bond donors (Lipinski definition) is 1. The highest BCUT2D eigenvalue weighted by Gasteiger charge is 2.27. The van der Waals surface area contributed by atoms with Crippen molar-refractivity contribution in [2.24, 2.45) is 5.92 Å². The molecule has 1 saturated heterocycles. The molecule has 5 rings (SSSR count). The number of carbonyl (C=O) groups excluding carboxylic acids is 2. The van der Waals surface area contributed by atoms with Gasteiger partial charge < -0.3 is 15.5 Å². The second-order valence-corrected chi connectivity index (χ2v) is 10.0.